The van der Waals surface area contributed by atoms with Crippen LogP contribution in [0.2, 0.25) is 0 Å². The van der Waals surface area contributed by atoms with Gasteiger partial charge in [-0.05, 0) is 59.6 Å². The molecule has 10 heteroatoms. The van der Waals surface area contributed by atoms with E-state index in [0.29, 0.717) is 37.7 Å². The van der Waals surface area contributed by atoms with Crippen LogP contribution in [0.3, 0.4) is 0 Å². The number of esters is 1. The van der Waals surface area contributed by atoms with Gasteiger partial charge in [-0.15, -0.1) is 0 Å². The fourth-order valence-corrected chi connectivity index (χ4v) is 5.71. The van der Waals surface area contributed by atoms with Gasteiger partial charge in [-0.1, -0.05) is 39.4 Å². The number of fused-ring (bicyclic) bond motifs is 1. The number of methoxy groups -OCH3 is 2. The number of rotatable bonds is 6. The highest BCUT2D eigenvalue weighted by Gasteiger charge is 2.33. The Labute approximate surface area is 222 Å². The molecule has 0 amide bonds. The zero-order valence-electron chi connectivity index (χ0n) is 19.4. The molecule has 2 heterocycles. The Bertz CT molecular complexity index is 1510. The van der Waals surface area contributed by atoms with E-state index in [4.69, 9.17) is 14.2 Å². The highest BCUT2D eigenvalue weighted by molar-refractivity contribution is 9.10. The molecule has 1 unspecified atom stereocenters. The molecule has 0 radical (unpaired) electrons. The van der Waals surface area contributed by atoms with Crippen molar-refractivity contribution in [3.63, 3.8) is 0 Å². The average molecular weight is 622 g/mol. The maximum absolute atomic E-state index is 13.7. The highest BCUT2D eigenvalue weighted by Crippen LogP contribution is 2.34. The van der Waals surface area contributed by atoms with Gasteiger partial charge in [-0.25, -0.2) is 9.79 Å². The number of thiazole rings is 1. The molecule has 35 heavy (non-hydrogen) atoms. The van der Waals surface area contributed by atoms with E-state index in [0.717, 1.165) is 14.5 Å². The van der Waals surface area contributed by atoms with E-state index in [1.807, 2.05) is 30.3 Å². The third-order valence-corrected chi connectivity index (χ3v) is 7.62. The maximum atomic E-state index is 13.7. The normalized spacial score (nSPS) is 15.5. The second-order valence-electron chi connectivity index (χ2n) is 7.58. The first-order chi connectivity index (χ1) is 16.8. The van der Waals surface area contributed by atoms with Gasteiger partial charge in [-0.2, -0.15) is 0 Å². The van der Waals surface area contributed by atoms with E-state index >= 15 is 0 Å². The Morgan fingerprint density at radius 2 is 1.83 bits per heavy atom. The molecule has 182 valence electrons. The third-order valence-electron chi connectivity index (χ3n) is 5.49. The van der Waals surface area contributed by atoms with Gasteiger partial charge in [0.15, 0.2) is 4.80 Å². The summed E-state index contributed by atoms with van der Waals surface area (Å²) in [4.78, 5) is 31.8. The molecule has 1 aromatic heterocycles. The molecule has 7 nitrogen and oxygen atoms in total. The van der Waals surface area contributed by atoms with Crippen LogP contribution in [0.25, 0.3) is 6.08 Å². The molecular formula is C25H22Br2N2O5S. The van der Waals surface area contributed by atoms with Gasteiger partial charge in [0.25, 0.3) is 5.56 Å². The van der Waals surface area contributed by atoms with E-state index in [-0.39, 0.29) is 12.2 Å². The van der Waals surface area contributed by atoms with Crippen LogP contribution >= 0.6 is 43.2 Å². The quantitative estimate of drug-likeness (QED) is 0.383. The fourth-order valence-electron chi connectivity index (χ4n) is 3.89. The van der Waals surface area contributed by atoms with Gasteiger partial charge in [-0.3, -0.25) is 9.36 Å². The van der Waals surface area contributed by atoms with Gasteiger partial charge in [0.2, 0.25) is 0 Å². The number of carbonyl (C=O) groups excluding carboxylic acids is 1. The van der Waals surface area contributed by atoms with Crippen molar-refractivity contribution in [2.45, 2.75) is 19.9 Å². The Kier molecular flexibility index (Phi) is 7.63. The summed E-state index contributed by atoms with van der Waals surface area (Å²) in [6, 6.07) is 10.4. The second kappa shape index (κ2) is 10.5. The number of halogens is 2. The summed E-state index contributed by atoms with van der Waals surface area (Å²) in [6.07, 6.45) is 1.76. The van der Waals surface area contributed by atoms with E-state index in [1.54, 1.807) is 44.8 Å². The highest BCUT2D eigenvalue weighted by atomic mass is 79.9. The minimum atomic E-state index is -0.662. The lowest BCUT2D eigenvalue weighted by molar-refractivity contribution is -0.139. The minimum absolute atomic E-state index is 0.221. The van der Waals surface area contributed by atoms with Gasteiger partial charge < -0.3 is 14.2 Å². The predicted molar refractivity (Wildman–Crippen MR) is 142 cm³/mol. The van der Waals surface area contributed by atoms with Gasteiger partial charge in [0.1, 0.15) is 11.5 Å². The Balaban J connectivity index is 1.96. The summed E-state index contributed by atoms with van der Waals surface area (Å²) in [7, 11) is 3.13. The van der Waals surface area contributed by atoms with Crippen molar-refractivity contribution in [1.82, 2.24) is 4.57 Å². The molecular weight excluding hydrogens is 600 g/mol. The maximum Gasteiger partial charge on any atom is 0.338 e. The van der Waals surface area contributed by atoms with E-state index < -0.39 is 12.0 Å². The summed E-state index contributed by atoms with van der Waals surface area (Å²) in [6.45, 7) is 3.73. The Morgan fingerprint density at radius 1 is 1.14 bits per heavy atom. The van der Waals surface area contributed by atoms with Gasteiger partial charge in [0.05, 0.1) is 47.1 Å². The van der Waals surface area contributed by atoms with Crippen LogP contribution in [0.4, 0.5) is 0 Å². The summed E-state index contributed by atoms with van der Waals surface area (Å²) in [5.41, 5.74) is 2.09. The largest absolute Gasteiger partial charge is 0.496 e. The number of allylic oxidation sites excluding steroid dienone is 1. The molecule has 0 fully saturated rings. The number of benzene rings is 2. The molecule has 4 rings (SSSR count). The fraction of sp³-hybridized carbons (Fsp3) is 0.240. The summed E-state index contributed by atoms with van der Waals surface area (Å²) in [5, 5.41) is 0. The first kappa shape index (κ1) is 25.4. The molecule has 0 spiro atoms. The third kappa shape index (κ3) is 4.87. The molecule has 3 aromatic rings. The number of nitrogens with zero attached hydrogens (tertiary/aromatic N) is 2. The minimum Gasteiger partial charge on any atom is -0.496 e. The lowest BCUT2D eigenvalue weighted by Crippen LogP contribution is -2.39. The molecule has 0 saturated carbocycles. The zero-order valence-corrected chi connectivity index (χ0v) is 23.4. The molecule has 1 aliphatic rings. The first-order valence-electron chi connectivity index (χ1n) is 10.7. The van der Waals surface area contributed by atoms with Gasteiger partial charge >= 0.3 is 5.97 Å². The summed E-state index contributed by atoms with van der Waals surface area (Å²) >= 11 is 8.19. The smallest absolute Gasteiger partial charge is 0.338 e. The van der Waals surface area contributed by atoms with Crippen molar-refractivity contribution in [2.24, 2.45) is 4.99 Å². The number of aromatic nitrogens is 1. The molecule has 1 atom stereocenters. The van der Waals surface area contributed by atoms with Crippen LogP contribution in [0.1, 0.15) is 31.0 Å². The average Bonchev–Trinajstić information content (AvgIpc) is 3.13. The topological polar surface area (TPSA) is 79.1 Å². The molecule has 0 bridgehead atoms. The monoisotopic (exact) mass is 620 g/mol. The van der Waals surface area contributed by atoms with Crippen molar-refractivity contribution >= 4 is 55.2 Å². The van der Waals surface area contributed by atoms with Gasteiger partial charge in [0, 0.05) is 16.1 Å². The van der Waals surface area contributed by atoms with Crippen molar-refractivity contribution < 1.29 is 19.0 Å². The molecule has 0 N–H and O–H groups in total. The van der Waals surface area contributed by atoms with Crippen LogP contribution in [0.15, 0.2) is 66.4 Å². The zero-order chi connectivity index (χ0) is 25.3. The first-order valence-corrected chi connectivity index (χ1v) is 13.1. The Hall–Kier alpha value is -2.69. The van der Waals surface area contributed by atoms with E-state index in [1.165, 1.54) is 11.3 Å². The number of hydrogen-bond donors (Lipinski definition) is 0. The van der Waals surface area contributed by atoms with Crippen molar-refractivity contribution in [3.8, 4) is 11.5 Å². The van der Waals surface area contributed by atoms with Crippen molar-refractivity contribution in [3.05, 3.63) is 87.4 Å². The lowest BCUT2D eigenvalue weighted by atomic mass is 9.96. The SMILES string of the molecule is CCOC(=O)C1=C(C)N=c2s/c(=C\c3cc(Br)c(OC)cc3OC)c(=O)n2C1c1ccc(Br)cc1. The Morgan fingerprint density at radius 3 is 2.46 bits per heavy atom. The van der Waals surface area contributed by atoms with Crippen LogP contribution in [0.5, 0.6) is 11.5 Å². The van der Waals surface area contributed by atoms with E-state index in [2.05, 4.69) is 36.9 Å². The van der Waals surface area contributed by atoms with Crippen LogP contribution < -0.4 is 24.4 Å². The van der Waals surface area contributed by atoms with E-state index in [9.17, 15) is 9.59 Å². The number of hydrogen-bond acceptors (Lipinski definition) is 7. The van der Waals surface area contributed by atoms with Crippen LogP contribution in [-0.2, 0) is 9.53 Å². The number of ether oxygens (including phenoxy) is 3. The predicted octanol–water partition coefficient (Wildman–Crippen LogP) is 4.34. The van der Waals surface area contributed by atoms with Crippen molar-refractivity contribution in [1.29, 1.82) is 0 Å². The molecule has 0 aliphatic carbocycles. The molecule has 2 aromatic carbocycles. The van der Waals surface area contributed by atoms with Crippen molar-refractivity contribution in [2.75, 3.05) is 20.8 Å². The standard InChI is InChI=1S/C25H22Br2N2O5S/c1-5-34-24(31)21-13(2)28-25-29(22(21)14-6-8-16(26)9-7-14)23(30)20(35-25)11-15-10-17(27)19(33-4)12-18(15)32-3/h6-12,22H,5H2,1-4H3/b20-11-. The summed E-state index contributed by atoms with van der Waals surface area (Å²) in [5.74, 6) is 0.686. The molecule has 0 saturated heterocycles. The van der Waals surface area contributed by atoms with Crippen LogP contribution in [-0.4, -0.2) is 31.4 Å². The summed E-state index contributed by atoms with van der Waals surface area (Å²) < 4.78 is 19.8. The molecule has 1 aliphatic heterocycles. The number of carbonyl (C=O) groups is 1. The van der Waals surface area contributed by atoms with Crippen LogP contribution in [0, 0.1) is 0 Å². The second-order valence-corrected chi connectivity index (χ2v) is 10.4. The lowest BCUT2D eigenvalue weighted by Gasteiger charge is -2.24.